The fraction of sp³-hybridized carbons (Fsp3) is 0.667. The van der Waals surface area contributed by atoms with Crippen molar-refractivity contribution in [2.45, 2.75) is 32.7 Å². The molecule has 0 spiro atoms. The Morgan fingerprint density at radius 1 is 1.59 bits per heavy atom. The first kappa shape index (κ1) is 12.9. The zero-order chi connectivity index (χ0) is 12.3. The molecule has 3 nitrogen and oxygen atoms in total. The lowest BCUT2D eigenvalue weighted by Crippen LogP contribution is -2.41. The summed E-state index contributed by atoms with van der Waals surface area (Å²) in [7, 11) is 0. The van der Waals surface area contributed by atoms with Crippen LogP contribution in [-0.2, 0) is 0 Å². The van der Waals surface area contributed by atoms with Crippen molar-refractivity contribution in [3.63, 3.8) is 0 Å². The van der Waals surface area contributed by atoms with Gasteiger partial charge < -0.3 is 5.32 Å². The van der Waals surface area contributed by atoms with Crippen LogP contribution in [0.15, 0.2) is 16.6 Å². The third-order valence-electron chi connectivity index (χ3n) is 3.07. The highest BCUT2D eigenvalue weighted by Crippen LogP contribution is 2.21. The van der Waals surface area contributed by atoms with Crippen molar-refractivity contribution in [3.05, 3.63) is 16.6 Å². The van der Waals surface area contributed by atoms with E-state index < -0.39 is 0 Å². The zero-order valence-corrected chi connectivity index (χ0v) is 12.1. The summed E-state index contributed by atoms with van der Waals surface area (Å²) in [5.41, 5.74) is 0. The number of hydrogen-bond acceptors (Lipinski definition) is 4. The largest absolute Gasteiger partial charge is 0.362 e. The van der Waals surface area contributed by atoms with Crippen LogP contribution in [0.1, 0.15) is 31.7 Å². The van der Waals surface area contributed by atoms with E-state index in [4.69, 9.17) is 0 Å². The van der Waals surface area contributed by atoms with E-state index in [1.54, 1.807) is 11.3 Å². The highest BCUT2D eigenvalue weighted by atomic mass is 32.2. The zero-order valence-electron chi connectivity index (χ0n) is 10.5. The predicted molar refractivity (Wildman–Crippen MR) is 77.1 cm³/mol. The van der Waals surface area contributed by atoms with Crippen LogP contribution in [0.2, 0.25) is 0 Å². The number of aromatic nitrogens is 1. The lowest BCUT2D eigenvalue weighted by molar-refractivity contribution is 0.489. The number of nitrogens with one attached hydrogen (secondary N) is 1. The molecule has 2 heterocycles. The Morgan fingerprint density at radius 3 is 3.06 bits per heavy atom. The van der Waals surface area contributed by atoms with E-state index in [0.717, 1.165) is 17.6 Å². The molecule has 1 aliphatic rings. The van der Waals surface area contributed by atoms with Crippen LogP contribution in [0.5, 0.6) is 0 Å². The van der Waals surface area contributed by atoms with Crippen LogP contribution in [0.3, 0.4) is 0 Å². The monoisotopic (exact) mass is 269 g/mol. The van der Waals surface area contributed by atoms with Crippen LogP contribution in [0.25, 0.3) is 0 Å². The SMILES string of the molecule is CC(CN=C1NC(C)C(C)CS1)c1nccs1. The minimum absolute atomic E-state index is 0.416. The number of amidine groups is 1. The van der Waals surface area contributed by atoms with E-state index in [9.17, 15) is 0 Å². The Morgan fingerprint density at radius 2 is 2.41 bits per heavy atom. The molecule has 1 aliphatic heterocycles. The summed E-state index contributed by atoms with van der Waals surface area (Å²) in [5, 5.41) is 7.76. The van der Waals surface area contributed by atoms with Crippen LogP contribution in [0, 0.1) is 5.92 Å². The van der Waals surface area contributed by atoms with E-state index in [2.05, 4.69) is 36.1 Å². The summed E-state index contributed by atoms with van der Waals surface area (Å²) in [5.74, 6) is 2.30. The average molecular weight is 269 g/mol. The Labute approximate surface area is 111 Å². The molecule has 2 rings (SSSR count). The van der Waals surface area contributed by atoms with Crippen LogP contribution in [0.4, 0.5) is 0 Å². The van der Waals surface area contributed by atoms with Gasteiger partial charge in [-0.05, 0) is 12.8 Å². The first-order valence-corrected chi connectivity index (χ1v) is 7.86. The van der Waals surface area contributed by atoms with Crippen molar-refractivity contribution in [2.75, 3.05) is 12.3 Å². The maximum atomic E-state index is 4.66. The topological polar surface area (TPSA) is 37.3 Å². The van der Waals surface area contributed by atoms with Crippen LogP contribution < -0.4 is 5.32 Å². The van der Waals surface area contributed by atoms with Gasteiger partial charge in [-0.3, -0.25) is 4.99 Å². The van der Waals surface area contributed by atoms with Crippen molar-refractivity contribution in [3.8, 4) is 0 Å². The van der Waals surface area contributed by atoms with Crippen LogP contribution in [-0.4, -0.2) is 28.5 Å². The molecule has 1 fully saturated rings. The van der Waals surface area contributed by atoms with Crippen molar-refractivity contribution in [1.29, 1.82) is 0 Å². The molecule has 1 N–H and O–H groups in total. The van der Waals surface area contributed by atoms with Crippen molar-refractivity contribution in [2.24, 2.45) is 10.9 Å². The van der Waals surface area contributed by atoms with Crippen molar-refractivity contribution in [1.82, 2.24) is 10.3 Å². The molecule has 3 atom stereocenters. The molecule has 1 saturated heterocycles. The molecular weight excluding hydrogens is 250 g/mol. The molecule has 0 aromatic carbocycles. The van der Waals surface area contributed by atoms with Gasteiger partial charge in [0.2, 0.25) is 0 Å². The molecule has 17 heavy (non-hydrogen) atoms. The van der Waals surface area contributed by atoms with Gasteiger partial charge in [0, 0.05) is 29.3 Å². The lowest BCUT2D eigenvalue weighted by atomic mass is 10.1. The molecule has 94 valence electrons. The molecule has 0 aliphatic carbocycles. The quantitative estimate of drug-likeness (QED) is 0.916. The molecular formula is C12H19N3S2. The standard InChI is InChI=1S/C12H19N3S2/c1-8(11-13-4-5-16-11)6-14-12-15-10(3)9(2)7-17-12/h4-5,8-10H,6-7H2,1-3H3,(H,14,15). The molecule has 1 aromatic heterocycles. The molecule has 3 unspecified atom stereocenters. The lowest BCUT2D eigenvalue weighted by Gasteiger charge is -2.28. The van der Waals surface area contributed by atoms with E-state index in [1.165, 1.54) is 10.8 Å². The Bertz CT molecular complexity index is 375. The van der Waals surface area contributed by atoms with E-state index in [1.807, 2.05) is 23.3 Å². The summed E-state index contributed by atoms with van der Waals surface area (Å²) in [4.78, 5) is 8.99. The number of aliphatic imine (C=N–C) groups is 1. The minimum atomic E-state index is 0.416. The van der Waals surface area contributed by atoms with Crippen molar-refractivity contribution < 1.29 is 0 Å². The fourth-order valence-corrected chi connectivity index (χ4v) is 3.43. The number of nitrogens with zero attached hydrogens (tertiary/aromatic N) is 2. The van der Waals surface area contributed by atoms with E-state index >= 15 is 0 Å². The molecule has 0 saturated carbocycles. The second-order valence-corrected chi connectivity index (χ2v) is 6.57. The maximum absolute atomic E-state index is 4.66. The predicted octanol–water partition coefficient (Wildman–Crippen LogP) is 2.96. The van der Waals surface area contributed by atoms with Gasteiger partial charge in [0.1, 0.15) is 0 Å². The smallest absolute Gasteiger partial charge is 0.156 e. The highest BCUT2D eigenvalue weighted by molar-refractivity contribution is 8.13. The normalized spacial score (nSPS) is 29.0. The first-order valence-electron chi connectivity index (χ1n) is 6.00. The second-order valence-electron chi connectivity index (χ2n) is 4.64. The number of thiazole rings is 1. The Kier molecular flexibility index (Phi) is 4.45. The summed E-state index contributed by atoms with van der Waals surface area (Å²) < 4.78 is 0. The summed E-state index contributed by atoms with van der Waals surface area (Å²) in [6.45, 7) is 7.51. The van der Waals surface area contributed by atoms with Gasteiger partial charge in [0.15, 0.2) is 5.17 Å². The molecule has 1 aromatic rings. The van der Waals surface area contributed by atoms with Gasteiger partial charge in [-0.1, -0.05) is 25.6 Å². The van der Waals surface area contributed by atoms with E-state index in [-0.39, 0.29) is 0 Å². The first-order chi connectivity index (χ1) is 8.16. The summed E-state index contributed by atoms with van der Waals surface area (Å²) >= 11 is 3.55. The molecule has 5 heteroatoms. The second kappa shape index (κ2) is 5.87. The maximum Gasteiger partial charge on any atom is 0.156 e. The van der Waals surface area contributed by atoms with Gasteiger partial charge in [-0.2, -0.15) is 0 Å². The minimum Gasteiger partial charge on any atom is -0.362 e. The third-order valence-corrected chi connectivity index (χ3v) is 5.29. The average Bonchev–Trinajstić information content (AvgIpc) is 2.84. The van der Waals surface area contributed by atoms with Crippen molar-refractivity contribution >= 4 is 28.3 Å². The van der Waals surface area contributed by atoms with Gasteiger partial charge in [0.05, 0.1) is 11.6 Å². The van der Waals surface area contributed by atoms with Gasteiger partial charge >= 0.3 is 0 Å². The highest BCUT2D eigenvalue weighted by Gasteiger charge is 2.20. The number of thioether (sulfide) groups is 1. The third kappa shape index (κ3) is 3.45. The fourth-order valence-electron chi connectivity index (χ4n) is 1.60. The molecule has 0 radical (unpaired) electrons. The Balaban J connectivity index is 1.88. The summed E-state index contributed by atoms with van der Waals surface area (Å²) in [6.07, 6.45) is 1.86. The molecule has 0 bridgehead atoms. The van der Waals surface area contributed by atoms with Crippen LogP contribution >= 0.6 is 23.1 Å². The summed E-state index contributed by atoms with van der Waals surface area (Å²) in [6, 6.07) is 0.533. The number of rotatable bonds is 3. The van der Waals surface area contributed by atoms with Gasteiger partial charge in [0.25, 0.3) is 0 Å². The Hall–Kier alpha value is -0.550. The number of hydrogen-bond donors (Lipinski definition) is 1. The van der Waals surface area contributed by atoms with Gasteiger partial charge in [-0.15, -0.1) is 11.3 Å². The van der Waals surface area contributed by atoms with E-state index in [0.29, 0.717) is 12.0 Å². The van der Waals surface area contributed by atoms with Gasteiger partial charge in [-0.25, -0.2) is 4.98 Å². The molecule has 0 amide bonds.